The van der Waals surface area contributed by atoms with E-state index in [9.17, 15) is 0 Å². The molecule has 1 nitrogen and oxygen atoms in total. The van der Waals surface area contributed by atoms with E-state index >= 15 is 0 Å². The molecule has 0 N–H and O–H groups in total. The zero-order chi connectivity index (χ0) is 11.1. The van der Waals surface area contributed by atoms with E-state index in [1.165, 1.54) is 31.2 Å². The zero-order valence-corrected chi connectivity index (χ0v) is 11.2. The standard InChI is InChI=1S/C14H17BrO/c1-16-13-7-11(6-12(15)8-13)14-5-9-2-3-10(14)4-9/h6-10,14H,2-5H2,1H3. The van der Waals surface area contributed by atoms with E-state index in [-0.39, 0.29) is 0 Å². The molecule has 0 aromatic heterocycles. The summed E-state index contributed by atoms with van der Waals surface area (Å²) in [5, 5.41) is 0. The molecule has 2 fully saturated rings. The van der Waals surface area contributed by atoms with Gasteiger partial charge in [0.15, 0.2) is 0 Å². The Balaban J connectivity index is 1.91. The summed E-state index contributed by atoms with van der Waals surface area (Å²) < 4.78 is 6.49. The van der Waals surface area contributed by atoms with E-state index in [1.54, 1.807) is 7.11 Å². The van der Waals surface area contributed by atoms with Gasteiger partial charge in [0.05, 0.1) is 7.11 Å². The van der Waals surface area contributed by atoms with Crippen LogP contribution in [0.1, 0.15) is 37.2 Å². The van der Waals surface area contributed by atoms with Crippen LogP contribution in [-0.4, -0.2) is 7.11 Å². The molecule has 2 aliphatic rings. The molecule has 0 aliphatic heterocycles. The monoisotopic (exact) mass is 280 g/mol. The molecule has 0 saturated heterocycles. The summed E-state index contributed by atoms with van der Waals surface area (Å²) in [6.45, 7) is 0. The first-order valence-electron chi connectivity index (χ1n) is 6.10. The van der Waals surface area contributed by atoms with Crippen molar-refractivity contribution >= 4 is 15.9 Å². The Morgan fingerprint density at radius 1 is 1.19 bits per heavy atom. The largest absolute Gasteiger partial charge is 0.497 e. The van der Waals surface area contributed by atoms with E-state index in [4.69, 9.17) is 4.74 Å². The molecule has 0 amide bonds. The van der Waals surface area contributed by atoms with Crippen LogP contribution in [0.25, 0.3) is 0 Å². The first-order chi connectivity index (χ1) is 7.76. The van der Waals surface area contributed by atoms with Crippen molar-refractivity contribution in [2.45, 2.75) is 31.6 Å². The molecule has 3 rings (SSSR count). The Hall–Kier alpha value is -0.500. The van der Waals surface area contributed by atoms with Gasteiger partial charge >= 0.3 is 0 Å². The molecule has 2 heteroatoms. The van der Waals surface area contributed by atoms with Crippen LogP contribution < -0.4 is 4.74 Å². The van der Waals surface area contributed by atoms with Crippen LogP contribution in [0.4, 0.5) is 0 Å². The summed E-state index contributed by atoms with van der Waals surface area (Å²) in [5.41, 5.74) is 1.47. The first-order valence-corrected chi connectivity index (χ1v) is 6.90. The summed E-state index contributed by atoms with van der Waals surface area (Å²) in [5.74, 6) is 3.70. The average molecular weight is 281 g/mol. The van der Waals surface area contributed by atoms with Crippen molar-refractivity contribution in [2.75, 3.05) is 7.11 Å². The highest BCUT2D eigenvalue weighted by molar-refractivity contribution is 9.10. The molecule has 86 valence electrons. The molecule has 0 radical (unpaired) electrons. The highest BCUT2D eigenvalue weighted by Crippen LogP contribution is 2.53. The maximum absolute atomic E-state index is 5.35. The molecule has 2 saturated carbocycles. The first kappa shape index (κ1) is 10.6. The highest BCUT2D eigenvalue weighted by atomic mass is 79.9. The van der Waals surface area contributed by atoms with Gasteiger partial charge in [-0.2, -0.15) is 0 Å². The third-order valence-corrected chi connectivity index (χ3v) is 4.75. The predicted octanol–water partition coefficient (Wildman–Crippen LogP) is 4.36. The number of fused-ring (bicyclic) bond motifs is 2. The van der Waals surface area contributed by atoms with Crippen LogP contribution in [0.5, 0.6) is 5.75 Å². The van der Waals surface area contributed by atoms with Gasteiger partial charge in [0.2, 0.25) is 0 Å². The van der Waals surface area contributed by atoms with Crippen molar-refractivity contribution in [3.8, 4) is 5.75 Å². The van der Waals surface area contributed by atoms with Gasteiger partial charge < -0.3 is 4.74 Å². The second-order valence-corrected chi connectivity index (χ2v) is 6.12. The van der Waals surface area contributed by atoms with Crippen molar-refractivity contribution < 1.29 is 4.74 Å². The lowest BCUT2D eigenvalue weighted by atomic mass is 9.83. The summed E-state index contributed by atoms with van der Waals surface area (Å²) in [6.07, 6.45) is 5.75. The van der Waals surface area contributed by atoms with Crippen molar-refractivity contribution in [3.05, 3.63) is 28.2 Å². The van der Waals surface area contributed by atoms with Crippen molar-refractivity contribution in [3.63, 3.8) is 0 Å². The predicted molar refractivity (Wildman–Crippen MR) is 68.9 cm³/mol. The molecule has 3 atom stereocenters. The van der Waals surface area contributed by atoms with Gasteiger partial charge in [-0.1, -0.05) is 22.4 Å². The Morgan fingerprint density at radius 3 is 2.69 bits per heavy atom. The molecule has 2 aliphatic carbocycles. The average Bonchev–Trinajstić information content (AvgIpc) is 2.89. The molecular formula is C14H17BrO. The SMILES string of the molecule is COc1cc(Br)cc(C2CC3CCC2C3)c1. The fourth-order valence-electron chi connectivity index (χ4n) is 3.57. The number of ether oxygens (including phenoxy) is 1. The van der Waals surface area contributed by atoms with E-state index in [0.717, 1.165) is 28.0 Å². The maximum atomic E-state index is 5.35. The number of rotatable bonds is 2. The van der Waals surface area contributed by atoms with E-state index in [1.807, 2.05) is 6.07 Å². The number of hydrogen-bond acceptors (Lipinski definition) is 1. The number of hydrogen-bond donors (Lipinski definition) is 0. The van der Waals surface area contributed by atoms with Gasteiger partial charge in [0, 0.05) is 4.47 Å². The van der Waals surface area contributed by atoms with Gasteiger partial charge in [0.25, 0.3) is 0 Å². The Kier molecular flexibility index (Phi) is 2.70. The van der Waals surface area contributed by atoms with Gasteiger partial charge in [-0.3, -0.25) is 0 Å². The lowest BCUT2D eigenvalue weighted by Gasteiger charge is -2.22. The second-order valence-electron chi connectivity index (χ2n) is 5.21. The summed E-state index contributed by atoms with van der Waals surface area (Å²) in [6, 6.07) is 6.53. The molecule has 1 aromatic carbocycles. The Bertz CT molecular complexity index is 402. The fourth-order valence-corrected chi connectivity index (χ4v) is 4.06. The third kappa shape index (κ3) is 1.77. The summed E-state index contributed by atoms with van der Waals surface area (Å²) >= 11 is 3.57. The Labute approximate surface area is 105 Å². The van der Waals surface area contributed by atoms with Crippen LogP contribution in [0.15, 0.2) is 22.7 Å². The van der Waals surface area contributed by atoms with Gasteiger partial charge in [0.1, 0.15) is 5.75 Å². The minimum Gasteiger partial charge on any atom is -0.497 e. The molecule has 3 unspecified atom stereocenters. The molecule has 0 spiro atoms. The number of methoxy groups -OCH3 is 1. The quantitative estimate of drug-likeness (QED) is 0.782. The van der Waals surface area contributed by atoms with Gasteiger partial charge in [-0.25, -0.2) is 0 Å². The minimum absolute atomic E-state index is 0.783. The van der Waals surface area contributed by atoms with Crippen LogP contribution in [0, 0.1) is 11.8 Å². The zero-order valence-electron chi connectivity index (χ0n) is 9.58. The number of halogens is 1. The molecule has 2 bridgehead atoms. The third-order valence-electron chi connectivity index (χ3n) is 4.30. The smallest absolute Gasteiger partial charge is 0.120 e. The molecular weight excluding hydrogens is 264 g/mol. The summed E-state index contributed by atoms with van der Waals surface area (Å²) in [7, 11) is 1.74. The highest BCUT2D eigenvalue weighted by Gasteiger charge is 2.40. The lowest BCUT2D eigenvalue weighted by molar-refractivity contribution is 0.403. The van der Waals surface area contributed by atoms with Crippen molar-refractivity contribution in [2.24, 2.45) is 11.8 Å². The fraction of sp³-hybridized carbons (Fsp3) is 0.571. The topological polar surface area (TPSA) is 9.23 Å². The normalized spacial score (nSPS) is 32.0. The van der Waals surface area contributed by atoms with Crippen molar-refractivity contribution in [1.82, 2.24) is 0 Å². The number of benzene rings is 1. The molecule has 16 heavy (non-hydrogen) atoms. The summed E-state index contributed by atoms with van der Waals surface area (Å²) in [4.78, 5) is 0. The van der Waals surface area contributed by atoms with Crippen LogP contribution in [0.2, 0.25) is 0 Å². The van der Waals surface area contributed by atoms with E-state index in [2.05, 4.69) is 28.1 Å². The van der Waals surface area contributed by atoms with Gasteiger partial charge in [-0.05, 0) is 60.8 Å². The molecule has 1 aromatic rings. The maximum Gasteiger partial charge on any atom is 0.120 e. The second kappa shape index (κ2) is 4.06. The Morgan fingerprint density at radius 2 is 2.06 bits per heavy atom. The van der Waals surface area contributed by atoms with E-state index in [0.29, 0.717) is 0 Å². The minimum atomic E-state index is 0.783. The van der Waals surface area contributed by atoms with Crippen LogP contribution in [-0.2, 0) is 0 Å². The lowest BCUT2D eigenvalue weighted by Crippen LogP contribution is -2.08. The van der Waals surface area contributed by atoms with Gasteiger partial charge in [-0.15, -0.1) is 0 Å². The van der Waals surface area contributed by atoms with Crippen LogP contribution >= 0.6 is 15.9 Å². The molecule has 0 heterocycles. The van der Waals surface area contributed by atoms with Crippen molar-refractivity contribution in [1.29, 1.82) is 0 Å². The van der Waals surface area contributed by atoms with Crippen LogP contribution in [0.3, 0.4) is 0 Å². The van der Waals surface area contributed by atoms with E-state index < -0.39 is 0 Å².